The van der Waals surface area contributed by atoms with E-state index in [-0.39, 0.29) is 0 Å². The summed E-state index contributed by atoms with van der Waals surface area (Å²) in [6, 6.07) is 62.8. The lowest BCUT2D eigenvalue weighted by Crippen LogP contribution is -1.92. The molecule has 0 spiro atoms. The molecule has 0 bridgehead atoms. The Balaban J connectivity index is 1.24. The van der Waals surface area contributed by atoms with Gasteiger partial charge in [0.05, 0.1) is 0 Å². The summed E-state index contributed by atoms with van der Waals surface area (Å²) in [5.74, 6) is 0. The molecule has 10 aromatic rings. The van der Waals surface area contributed by atoms with E-state index in [1.807, 2.05) is 11.3 Å². The molecular weight excluding hydrogens is 585 g/mol. The second kappa shape index (κ2) is 10.4. The fourth-order valence-electron chi connectivity index (χ4n) is 7.67. The van der Waals surface area contributed by atoms with Crippen molar-refractivity contribution in [2.24, 2.45) is 0 Å². The van der Waals surface area contributed by atoms with Crippen LogP contribution >= 0.6 is 11.3 Å². The van der Waals surface area contributed by atoms with E-state index in [4.69, 9.17) is 0 Å². The molecule has 0 amide bonds. The predicted molar refractivity (Wildman–Crippen MR) is 206 cm³/mol. The fourth-order valence-corrected chi connectivity index (χ4v) is 8.79. The lowest BCUT2D eigenvalue weighted by molar-refractivity contribution is 1.63. The first-order chi connectivity index (χ1) is 23.3. The Hall–Kier alpha value is -5.76. The first-order valence-electron chi connectivity index (χ1n) is 16.2. The highest BCUT2D eigenvalue weighted by molar-refractivity contribution is 7.25. The van der Waals surface area contributed by atoms with E-state index < -0.39 is 0 Å². The fraction of sp³-hybridized carbons (Fsp3) is 0. The third-order valence-corrected chi connectivity index (χ3v) is 10.9. The molecule has 0 aliphatic heterocycles. The van der Waals surface area contributed by atoms with Crippen molar-refractivity contribution in [2.75, 3.05) is 0 Å². The monoisotopic (exact) mass is 612 g/mol. The van der Waals surface area contributed by atoms with Crippen LogP contribution < -0.4 is 0 Å². The first kappa shape index (κ1) is 26.5. The van der Waals surface area contributed by atoms with Crippen LogP contribution in [0, 0.1) is 0 Å². The van der Waals surface area contributed by atoms with E-state index in [9.17, 15) is 0 Å². The molecule has 10 rings (SSSR count). The van der Waals surface area contributed by atoms with Gasteiger partial charge in [0.15, 0.2) is 0 Å². The zero-order chi connectivity index (χ0) is 30.9. The maximum atomic E-state index is 2.43. The Morgan fingerprint density at radius 1 is 0.277 bits per heavy atom. The van der Waals surface area contributed by atoms with Gasteiger partial charge in [0.1, 0.15) is 0 Å². The molecule has 9 aromatic carbocycles. The highest BCUT2D eigenvalue weighted by Gasteiger charge is 2.19. The highest BCUT2D eigenvalue weighted by atomic mass is 32.1. The van der Waals surface area contributed by atoms with Gasteiger partial charge in [-0.1, -0.05) is 140 Å². The topological polar surface area (TPSA) is 0 Å². The average Bonchev–Trinajstić information content (AvgIpc) is 3.50. The summed E-state index contributed by atoms with van der Waals surface area (Å²) in [5, 5.41) is 12.9. The lowest BCUT2D eigenvalue weighted by Gasteiger charge is -2.19. The van der Waals surface area contributed by atoms with Gasteiger partial charge in [-0.25, -0.2) is 0 Å². The van der Waals surface area contributed by atoms with Gasteiger partial charge in [-0.3, -0.25) is 0 Å². The summed E-state index contributed by atoms with van der Waals surface area (Å²) in [6.07, 6.45) is 0. The van der Waals surface area contributed by atoms with Crippen LogP contribution in [0.15, 0.2) is 170 Å². The Kier molecular flexibility index (Phi) is 5.85. The van der Waals surface area contributed by atoms with Crippen molar-refractivity contribution >= 4 is 74.6 Å². The number of hydrogen-bond acceptors (Lipinski definition) is 1. The van der Waals surface area contributed by atoms with Crippen LogP contribution in [0.5, 0.6) is 0 Å². The average molecular weight is 613 g/mol. The van der Waals surface area contributed by atoms with E-state index in [0.29, 0.717) is 0 Å². The molecule has 0 unspecified atom stereocenters. The number of benzene rings is 9. The molecular formula is C46H28S. The van der Waals surface area contributed by atoms with E-state index in [1.165, 1.54) is 96.6 Å². The zero-order valence-corrected chi connectivity index (χ0v) is 26.4. The first-order valence-corrected chi connectivity index (χ1v) is 17.0. The van der Waals surface area contributed by atoms with Crippen LogP contribution in [-0.4, -0.2) is 0 Å². The molecule has 1 heteroatoms. The van der Waals surface area contributed by atoms with Crippen molar-refractivity contribution in [3.63, 3.8) is 0 Å². The maximum absolute atomic E-state index is 2.43. The standard InChI is InChI=1S/C46H28S/c1-2-12-30-25-32(24-23-29(30)11-1)31-13-9-15-34(26-31)45-36-17-3-5-19-38(36)46(39-20-6-4-18-37(39)45)40-21-10-14-33-27-42-35-16-7-8-22-43(35)47-44(42)28-41(33)40/h1-28H. The Morgan fingerprint density at radius 3 is 1.66 bits per heavy atom. The minimum absolute atomic E-state index is 1.23. The molecule has 0 N–H and O–H groups in total. The second-order valence-electron chi connectivity index (χ2n) is 12.5. The molecule has 47 heavy (non-hydrogen) atoms. The molecule has 0 fully saturated rings. The van der Waals surface area contributed by atoms with Crippen molar-refractivity contribution in [1.29, 1.82) is 0 Å². The lowest BCUT2D eigenvalue weighted by atomic mass is 9.84. The Labute approximate surface area is 276 Å². The van der Waals surface area contributed by atoms with Gasteiger partial charge in [-0.2, -0.15) is 0 Å². The smallest absolute Gasteiger partial charge is 0.0362 e. The van der Waals surface area contributed by atoms with Crippen LogP contribution in [0.1, 0.15) is 0 Å². The Bertz CT molecular complexity index is 2800. The van der Waals surface area contributed by atoms with Crippen molar-refractivity contribution in [3.8, 4) is 33.4 Å². The number of rotatable bonds is 3. The number of fused-ring (bicyclic) bond motifs is 7. The third kappa shape index (κ3) is 4.14. The van der Waals surface area contributed by atoms with Gasteiger partial charge < -0.3 is 0 Å². The summed E-state index contributed by atoms with van der Waals surface area (Å²) in [4.78, 5) is 0. The predicted octanol–water partition coefficient (Wildman–Crippen LogP) is 13.7. The molecule has 1 heterocycles. The molecule has 0 aliphatic rings. The van der Waals surface area contributed by atoms with Crippen LogP contribution in [-0.2, 0) is 0 Å². The number of thiophene rings is 1. The van der Waals surface area contributed by atoms with Crippen molar-refractivity contribution in [1.82, 2.24) is 0 Å². The van der Waals surface area contributed by atoms with E-state index >= 15 is 0 Å². The van der Waals surface area contributed by atoms with Gasteiger partial charge >= 0.3 is 0 Å². The summed E-state index contributed by atoms with van der Waals surface area (Å²) in [7, 11) is 0. The van der Waals surface area contributed by atoms with Crippen molar-refractivity contribution < 1.29 is 0 Å². The second-order valence-corrected chi connectivity index (χ2v) is 13.5. The molecule has 0 radical (unpaired) electrons. The summed E-state index contributed by atoms with van der Waals surface area (Å²) in [5.41, 5.74) is 7.57. The summed E-state index contributed by atoms with van der Waals surface area (Å²) < 4.78 is 2.67. The van der Waals surface area contributed by atoms with Crippen LogP contribution in [0.2, 0.25) is 0 Å². The van der Waals surface area contributed by atoms with Crippen LogP contribution in [0.4, 0.5) is 0 Å². The van der Waals surface area contributed by atoms with Gasteiger partial charge in [-0.15, -0.1) is 11.3 Å². The molecule has 0 aliphatic carbocycles. The van der Waals surface area contributed by atoms with Crippen LogP contribution in [0.3, 0.4) is 0 Å². The van der Waals surface area contributed by atoms with Crippen molar-refractivity contribution in [2.45, 2.75) is 0 Å². The van der Waals surface area contributed by atoms with Gasteiger partial charge in [0.2, 0.25) is 0 Å². The largest absolute Gasteiger partial charge is 0.135 e. The highest BCUT2D eigenvalue weighted by Crippen LogP contribution is 2.47. The van der Waals surface area contributed by atoms with E-state index in [1.54, 1.807) is 0 Å². The van der Waals surface area contributed by atoms with Crippen LogP contribution in [0.25, 0.3) is 96.6 Å². The SMILES string of the molecule is c1cc(-c2ccc3ccccc3c2)cc(-c2c3ccccc3c(-c3cccc4cc5c(cc34)sc3ccccc35)c3ccccc23)c1. The molecule has 218 valence electrons. The molecule has 0 atom stereocenters. The minimum atomic E-state index is 1.23. The summed E-state index contributed by atoms with van der Waals surface area (Å²) >= 11 is 1.89. The van der Waals surface area contributed by atoms with Gasteiger partial charge in [0, 0.05) is 20.2 Å². The quantitative estimate of drug-likeness (QED) is 0.174. The summed E-state index contributed by atoms with van der Waals surface area (Å²) in [6.45, 7) is 0. The van der Waals surface area contributed by atoms with Gasteiger partial charge in [-0.05, 0) is 107 Å². The van der Waals surface area contributed by atoms with E-state index in [0.717, 1.165) is 0 Å². The Morgan fingerprint density at radius 2 is 0.872 bits per heavy atom. The molecule has 0 nitrogen and oxygen atoms in total. The van der Waals surface area contributed by atoms with E-state index in [2.05, 4.69) is 170 Å². The van der Waals surface area contributed by atoms with Crippen molar-refractivity contribution in [3.05, 3.63) is 170 Å². The molecule has 0 saturated carbocycles. The minimum Gasteiger partial charge on any atom is -0.135 e. The normalized spacial score (nSPS) is 11.8. The molecule has 1 aromatic heterocycles. The third-order valence-electron chi connectivity index (χ3n) is 9.81. The zero-order valence-electron chi connectivity index (χ0n) is 25.6. The number of hydrogen-bond donors (Lipinski definition) is 0. The maximum Gasteiger partial charge on any atom is 0.0362 e. The molecule has 0 saturated heterocycles. The van der Waals surface area contributed by atoms with Gasteiger partial charge in [0.25, 0.3) is 0 Å².